The van der Waals surface area contributed by atoms with Crippen molar-refractivity contribution >= 4 is 16.9 Å². The predicted octanol–water partition coefficient (Wildman–Crippen LogP) is 3.41. The molecule has 0 bridgehead atoms. The minimum atomic E-state index is -0.0553. The van der Waals surface area contributed by atoms with Gasteiger partial charge in [0.15, 0.2) is 0 Å². The van der Waals surface area contributed by atoms with E-state index in [2.05, 4.69) is 10.2 Å². The zero-order valence-corrected chi connectivity index (χ0v) is 16.7. The standard InChI is InChI=1S/C22H26N2O4/c1-24(2)19(18-7-5-6-8-20(18)27-4)13-23-22(25)11-15-14-28-21-12-16(26-3)9-10-17(15)21/h5-10,12,14,19H,11,13H2,1-4H3,(H,23,25). The monoisotopic (exact) mass is 382 g/mol. The number of hydrogen-bond donors (Lipinski definition) is 1. The van der Waals surface area contributed by atoms with Gasteiger partial charge in [0.05, 0.1) is 32.9 Å². The number of carbonyl (C=O) groups is 1. The molecular formula is C22H26N2O4. The normalized spacial score (nSPS) is 12.2. The van der Waals surface area contributed by atoms with Crippen LogP contribution in [0.4, 0.5) is 0 Å². The number of nitrogens with one attached hydrogen (secondary N) is 1. The van der Waals surface area contributed by atoms with Gasteiger partial charge in [0.2, 0.25) is 5.91 Å². The Morgan fingerprint density at radius 1 is 1.14 bits per heavy atom. The third-order valence-corrected chi connectivity index (χ3v) is 4.83. The summed E-state index contributed by atoms with van der Waals surface area (Å²) >= 11 is 0. The number of ether oxygens (including phenoxy) is 2. The number of methoxy groups -OCH3 is 2. The van der Waals surface area contributed by atoms with Crippen LogP contribution in [0.15, 0.2) is 53.1 Å². The van der Waals surface area contributed by atoms with Crippen LogP contribution in [0.25, 0.3) is 11.0 Å². The number of para-hydroxylation sites is 1. The molecule has 0 fully saturated rings. The molecular weight excluding hydrogens is 356 g/mol. The topological polar surface area (TPSA) is 63.9 Å². The van der Waals surface area contributed by atoms with Gasteiger partial charge in [0.25, 0.3) is 0 Å². The molecule has 3 aromatic rings. The van der Waals surface area contributed by atoms with E-state index in [4.69, 9.17) is 13.9 Å². The van der Waals surface area contributed by atoms with Gasteiger partial charge in [-0.15, -0.1) is 0 Å². The molecule has 1 atom stereocenters. The lowest BCUT2D eigenvalue weighted by Crippen LogP contribution is -2.35. The molecule has 2 aromatic carbocycles. The lowest BCUT2D eigenvalue weighted by molar-refractivity contribution is -0.120. The average molecular weight is 382 g/mol. The molecule has 0 radical (unpaired) electrons. The zero-order chi connectivity index (χ0) is 20.1. The Bertz CT molecular complexity index is 949. The second kappa shape index (κ2) is 8.80. The van der Waals surface area contributed by atoms with E-state index in [1.165, 1.54) is 0 Å². The molecule has 0 spiro atoms. The summed E-state index contributed by atoms with van der Waals surface area (Å²) in [6.45, 7) is 0.482. The lowest BCUT2D eigenvalue weighted by atomic mass is 10.0. The SMILES string of the molecule is COc1ccc2c(CC(=O)NCC(c3ccccc3OC)N(C)C)coc2c1. The van der Waals surface area contributed by atoms with E-state index in [-0.39, 0.29) is 18.4 Å². The van der Waals surface area contributed by atoms with Gasteiger partial charge in [-0.3, -0.25) is 4.79 Å². The Morgan fingerprint density at radius 3 is 2.64 bits per heavy atom. The number of amides is 1. The van der Waals surface area contributed by atoms with Crippen LogP contribution in [-0.2, 0) is 11.2 Å². The minimum Gasteiger partial charge on any atom is -0.497 e. The fraction of sp³-hybridized carbons (Fsp3) is 0.318. The first kappa shape index (κ1) is 19.8. The summed E-state index contributed by atoms with van der Waals surface area (Å²) in [5, 5.41) is 3.96. The van der Waals surface area contributed by atoms with Crippen molar-refractivity contribution in [3.05, 3.63) is 59.9 Å². The fourth-order valence-electron chi connectivity index (χ4n) is 3.29. The molecule has 6 heteroatoms. The number of fused-ring (bicyclic) bond motifs is 1. The highest BCUT2D eigenvalue weighted by Crippen LogP contribution is 2.28. The molecule has 0 aliphatic heterocycles. The number of furan rings is 1. The van der Waals surface area contributed by atoms with Crippen LogP contribution in [0.3, 0.4) is 0 Å². The minimum absolute atomic E-state index is 0.00505. The highest BCUT2D eigenvalue weighted by atomic mass is 16.5. The maximum atomic E-state index is 12.6. The van der Waals surface area contributed by atoms with E-state index in [1.807, 2.05) is 56.6 Å². The third-order valence-electron chi connectivity index (χ3n) is 4.83. The van der Waals surface area contributed by atoms with Gasteiger partial charge in [0.1, 0.15) is 17.1 Å². The van der Waals surface area contributed by atoms with E-state index in [0.717, 1.165) is 28.0 Å². The summed E-state index contributed by atoms with van der Waals surface area (Å²) in [6.07, 6.45) is 1.89. The molecule has 6 nitrogen and oxygen atoms in total. The molecule has 3 rings (SSSR count). The van der Waals surface area contributed by atoms with Crippen LogP contribution in [0, 0.1) is 0 Å². The maximum Gasteiger partial charge on any atom is 0.224 e. The van der Waals surface area contributed by atoms with Gasteiger partial charge >= 0.3 is 0 Å². The number of benzene rings is 2. The second-order valence-corrected chi connectivity index (χ2v) is 6.83. The Hall–Kier alpha value is -2.99. The van der Waals surface area contributed by atoms with Gasteiger partial charge in [-0.2, -0.15) is 0 Å². The van der Waals surface area contributed by atoms with Crippen LogP contribution in [-0.4, -0.2) is 45.7 Å². The molecule has 0 aliphatic carbocycles. The lowest BCUT2D eigenvalue weighted by Gasteiger charge is -2.26. The number of carbonyl (C=O) groups excluding carboxylic acids is 1. The highest BCUT2D eigenvalue weighted by molar-refractivity contribution is 5.88. The molecule has 1 amide bonds. The number of hydrogen-bond acceptors (Lipinski definition) is 5. The number of rotatable bonds is 8. The average Bonchev–Trinajstić information content (AvgIpc) is 3.10. The molecule has 0 saturated heterocycles. The van der Waals surface area contributed by atoms with Crippen molar-refractivity contribution in [1.82, 2.24) is 10.2 Å². The summed E-state index contributed by atoms with van der Waals surface area (Å²) in [5.41, 5.74) is 2.60. The van der Waals surface area contributed by atoms with E-state index < -0.39 is 0 Å². The largest absolute Gasteiger partial charge is 0.497 e. The summed E-state index contributed by atoms with van der Waals surface area (Å²) in [4.78, 5) is 14.6. The predicted molar refractivity (Wildman–Crippen MR) is 109 cm³/mol. The summed E-state index contributed by atoms with van der Waals surface area (Å²) < 4.78 is 16.3. The maximum absolute atomic E-state index is 12.6. The third kappa shape index (κ3) is 4.28. The van der Waals surface area contributed by atoms with Crippen LogP contribution in [0.5, 0.6) is 11.5 Å². The summed E-state index contributed by atoms with van der Waals surface area (Å²) in [5.74, 6) is 1.48. The first-order valence-corrected chi connectivity index (χ1v) is 9.13. The highest BCUT2D eigenvalue weighted by Gasteiger charge is 2.19. The molecule has 0 saturated carbocycles. The molecule has 148 valence electrons. The first-order valence-electron chi connectivity index (χ1n) is 9.13. The van der Waals surface area contributed by atoms with Crippen molar-refractivity contribution in [2.45, 2.75) is 12.5 Å². The second-order valence-electron chi connectivity index (χ2n) is 6.83. The van der Waals surface area contributed by atoms with Crippen molar-refractivity contribution in [3.63, 3.8) is 0 Å². The van der Waals surface area contributed by atoms with Gasteiger partial charge in [-0.1, -0.05) is 18.2 Å². The van der Waals surface area contributed by atoms with Gasteiger partial charge in [-0.25, -0.2) is 0 Å². The van der Waals surface area contributed by atoms with Crippen LogP contribution >= 0.6 is 0 Å². The van der Waals surface area contributed by atoms with Crippen LogP contribution in [0.2, 0.25) is 0 Å². The molecule has 1 N–H and O–H groups in total. The van der Waals surface area contributed by atoms with Crippen molar-refractivity contribution in [3.8, 4) is 11.5 Å². The van der Waals surface area contributed by atoms with E-state index in [9.17, 15) is 4.79 Å². The van der Waals surface area contributed by atoms with E-state index in [0.29, 0.717) is 12.1 Å². The smallest absolute Gasteiger partial charge is 0.224 e. The Balaban J connectivity index is 1.69. The van der Waals surface area contributed by atoms with E-state index in [1.54, 1.807) is 20.5 Å². The van der Waals surface area contributed by atoms with Crippen molar-refractivity contribution in [2.75, 3.05) is 34.9 Å². The molecule has 1 aromatic heterocycles. The van der Waals surface area contributed by atoms with Crippen molar-refractivity contribution < 1.29 is 18.7 Å². The zero-order valence-electron chi connectivity index (χ0n) is 16.7. The summed E-state index contributed by atoms with van der Waals surface area (Å²) in [7, 11) is 7.24. The Labute approximate surface area is 165 Å². The molecule has 1 unspecified atom stereocenters. The number of nitrogens with zero attached hydrogens (tertiary/aromatic N) is 1. The fourth-order valence-corrected chi connectivity index (χ4v) is 3.29. The Kier molecular flexibility index (Phi) is 6.21. The van der Waals surface area contributed by atoms with Crippen molar-refractivity contribution in [1.29, 1.82) is 0 Å². The van der Waals surface area contributed by atoms with Gasteiger partial charge in [0, 0.05) is 29.1 Å². The molecule has 1 heterocycles. The summed E-state index contributed by atoms with van der Waals surface area (Å²) in [6, 6.07) is 13.5. The Morgan fingerprint density at radius 2 is 1.93 bits per heavy atom. The van der Waals surface area contributed by atoms with Crippen LogP contribution < -0.4 is 14.8 Å². The quantitative estimate of drug-likeness (QED) is 0.647. The first-order chi connectivity index (χ1) is 13.5. The molecule has 0 aliphatic rings. The van der Waals surface area contributed by atoms with Gasteiger partial charge < -0.3 is 24.1 Å². The van der Waals surface area contributed by atoms with E-state index >= 15 is 0 Å². The van der Waals surface area contributed by atoms with Crippen molar-refractivity contribution in [2.24, 2.45) is 0 Å². The van der Waals surface area contributed by atoms with Crippen LogP contribution in [0.1, 0.15) is 17.2 Å². The van der Waals surface area contributed by atoms with Gasteiger partial charge in [-0.05, 0) is 32.3 Å². The number of likely N-dealkylation sites (N-methyl/N-ethyl adjacent to an activating group) is 1. The molecule has 28 heavy (non-hydrogen) atoms.